The van der Waals surface area contributed by atoms with Crippen LogP contribution in [0.5, 0.6) is 0 Å². The van der Waals surface area contributed by atoms with E-state index in [1.807, 2.05) is 0 Å². The summed E-state index contributed by atoms with van der Waals surface area (Å²) in [6, 6.07) is 0. The Morgan fingerprint density at radius 2 is 0.744 bits per heavy atom. The molecule has 2 unspecified atom stereocenters. The molecule has 8 nitrogen and oxygen atoms in total. The number of rotatable bonds is 26. The predicted octanol–water partition coefficient (Wildman–Crippen LogP) is 4.39. The number of carbonyl (C=O) groups excluding carboxylic acids is 4. The van der Waals surface area contributed by atoms with Crippen LogP contribution >= 0.6 is 0 Å². The summed E-state index contributed by atoms with van der Waals surface area (Å²) in [5, 5.41) is 42.2. The first-order valence-corrected chi connectivity index (χ1v) is 20.1. The van der Waals surface area contributed by atoms with E-state index < -0.39 is 35.7 Å². The second-order valence-electron chi connectivity index (χ2n) is 12.1. The molecule has 250 valence electrons. The molecule has 0 heterocycles. The minimum absolute atomic E-state index is 0.0389. The van der Waals surface area contributed by atoms with Gasteiger partial charge in [-0.05, 0) is 63.2 Å². The van der Waals surface area contributed by atoms with E-state index in [-0.39, 0.29) is 34.0 Å². The number of hydrogen-bond donors (Lipinski definition) is 0. The average Bonchev–Trinajstić information content (AvgIpc) is 2.89. The van der Waals surface area contributed by atoms with Crippen molar-refractivity contribution in [1.29, 1.82) is 0 Å². The van der Waals surface area contributed by atoms with Gasteiger partial charge in [0.25, 0.3) is 0 Å². The van der Waals surface area contributed by atoms with E-state index in [1.165, 1.54) is 38.5 Å². The molecule has 0 aliphatic carbocycles. The quantitative estimate of drug-likeness (QED) is 0.0941. The molecule has 0 aliphatic heterocycles. The van der Waals surface area contributed by atoms with Crippen LogP contribution in [0.15, 0.2) is 0 Å². The SMILES string of the molecule is CCCCCCCCC(CCCC(=O)[O-])C(=O)[O-].CCCCCCCCC(CCCC(=O)[O-])C(=O)[O-].C[CH](C)[Sn+4][CH](C)C. The molecule has 9 heteroatoms. The molecule has 0 aromatic carbocycles. The van der Waals surface area contributed by atoms with Crippen LogP contribution in [-0.2, 0) is 19.2 Å². The molecule has 0 rings (SSSR count). The van der Waals surface area contributed by atoms with E-state index in [0.717, 1.165) is 46.4 Å². The van der Waals surface area contributed by atoms with E-state index in [4.69, 9.17) is 0 Å². The molecule has 0 N–H and O–H groups in total. The fourth-order valence-corrected chi connectivity index (χ4v) is 8.56. The van der Waals surface area contributed by atoms with Gasteiger partial charge in [0.1, 0.15) is 0 Å². The molecule has 0 aromatic heterocycles. The van der Waals surface area contributed by atoms with Crippen molar-refractivity contribution < 1.29 is 39.6 Å². The normalized spacial score (nSPS) is 12.1. The van der Waals surface area contributed by atoms with Gasteiger partial charge in [-0.1, -0.05) is 90.9 Å². The third-order valence-corrected chi connectivity index (χ3v) is 10.8. The molecular formula is C34H62O8Sn. The Morgan fingerprint density at radius 3 is 0.977 bits per heavy atom. The molecule has 0 saturated heterocycles. The topological polar surface area (TPSA) is 161 Å². The second-order valence-corrected chi connectivity index (χ2v) is 19.7. The summed E-state index contributed by atoms with van der Waals surface area (Å²) < 4.78 is 2.09. The van der Waals surface area contributed by atoms with Crippen molar-refractivity contribution >= 4 is 45.0 Å². The molecule has 43 heavy (non-hydrogen) atoms. The van der Waals surface area contributed by atoms with Crippen LogP contribution < -0.4 is 20.4 Å². The zero-order chi connectivity index (χ0) is 33.5. The van der Waals surface area contributed by atoms with Crippen LogP contribution in [-0.4, -0.2) is 45.0 Å². The first-order chi connectivity index (χ1) is 20.3. The minimum atomic E-state index is -1.12. The molecule has 0 aromatic rings. The molecule has 0 aliphatic rings. The van der Waals surface area contributed by atoms with Crippen LogP contribution in [0.3, 0.4) is 0 Å². The van der Waals surface area contributed by atoms with Gasteiger partial charge >= 0.3 is 56.7 Å². The third-order valence-electron chi connectivity index (χ3n) is 7.01. The van der Waals surface area contributed by atoms with Crippen molar-refractivity contribution in [3.63, 3.8) is 0 Å². The van der Waals surface area contributed by atoms with Crippen LogP contribution in [0.25, 0.3) is 0 Å². The van der Waals surface area contributed by atoms with Gasteiger partial charge in [0, 0.05) is 23.9 Å². The maximum atomic E-state index is 10.9. The molecule has 6 radical (unpaired) electrons. The Kier molecular flexibility index (Phi) is 36.0. The summed E-state index contributed by atoms with van der Waals surface area (Å²) in [5.41, 5.74) is 0. The van der Waals surface area contributed by atoms with Gasteiger partial charge in [-0.25, -0.2) is 0 Å². The Labute approximate surface area is 273 Å². The number of carboxylic acid groups (broad SMARTS) is 4. The summed E-state index contributed by atoms with van der Waals surface area (Å²) in [5.74, 6) is -5.35. The Morgan fingerprint density at radius 1 is 0.465 bits per heavy atom. The molecule has 0 fully saturated rings. The zero-order valence-corrected chi connectivity index (χ0v) is 31.1. The zero-order valence-electron chi connectivity index (χ0n) is 28.2. The number of hydrogen-bond acceptors (Lipinski definition) is 8. The molecule has 0 spiro atoms. The number of aliphatic carboxylic acids is 4. The fraction of sp³-hybridized carbons (Fsp3) is 0.882. The molecule has 0 saturated carbocycles. The first-order valence-electron chi connectivity index (χ1n) is 16.9. The number of carboxylic acids is 4. The van der Waals surface area contributed by atoms with Gasteiger partial charge in [-0.15, -0.1) is 0 Å². The van der Waals surface area contributed by atoms with Crippen LogP contribution in [0.2, 0.25) is 7.87 Å². The van der Waals surface area contributed by atoms with Crippen molar-refractivity contribution in [2.75, 3.05) is 0 Å². The molecule has 0 bridgehead atoms. The molecule has 0 amide bonds. The van der Waals surface area contributed by atoms with Crippen molar-refractivity contribution in [2.45, 2.75) is 178 Å². The number of unbranched alkanes of at least 4 members (excludes halogenated alkanes) is 10. The number of carbonyl (C=O) groups is 4. The summed E-state index contributed by atoms with van der Waals surface area (Å²) in [6.45, 7) is 13.7. The standard InChI is InChI=1S/2C14H26O4.2C3H7.Sn/c2*1-2-3-4-5-6-7-9-12(14(17)18)10-8-11-13(15)16;2*1-3-2;/h2*12H,2-11H2,1H3,(H,15,16)(H,17,18);2*3H,1-2H3;/q;;;;+4/p-4. The van der Waals surface area contributed by atoms with Gasteiger partial charge in [0.15, 0.2) is 0 Å². The summed E-state index contributed by atoms with van der Waals surface area (Å²) >= 11 is 0.0389. The van der Waals surface area contributed by atoms with E-state index in [2.05, 4.69) is 41.5 Å². The van der Waals surface area contributed by atoms with E-state index in [9.17, 15) is 39.6 Å². The van der Waals surface area contributed by atoms with Crippen molar-refractivity contribution in [3.8, 4) is 0 Å². The molecule has 2 atom stereocenters. The van der Waals surface area contributed by atoms with Crippen LogP contribution in [0.1, 0.15) is 170 Å². The fourth-order valence-electron chi connectivity index (χ4n) is 4.75. The van der Waals surface area contributed by atoms with Crippen molar-refractivity contribution in [1.82, 2.24) is 0 Å². The van der Waals surface area contributed by atoms with Crippen molar-refractivity contribution in [3.05, 3.63) is 0 Å². The summed E-state index contributed by atoms with van der Waals surface area (Å²) in [6.07, 6.45) is 16.0. The predicted molar refractivity (Wildman–Crippen MR) is 167 cm³/mol. The Bertz CT molecular complexity index is 625. The Balaban J connectivity index is -0.000000611. The third kappa shape index (κ3) is 40.7. The second kappa shape index (κ2) is 33.6. The van der Waals surface area contributed by atoms with Crippen LogP contribution in [0.4, 0.5) is 0 Å². The van der Waals surface area contributed by atoms with E-state index in [0.29, 0.717) is 38.5 Å². The van der Waals surface area contributed by atoms with Gasteiger partial charge in [-0.3, -0.25) is 0 Å². The summed E-state index contributed by atoms with van der Waals surface area (Å²) in [7, 11) is 0. The van der Waals surface area contributed by atoms with E-state index in [1.54, 1.807) is 0 Å². The van der Waals surface area contributed by atoms with Gasteiger partial charge < -0.3 is 39.6 Å². The van der Waals surface area contributed by atoms with Gasteiger partial charge in [-0.2, -0.15) is 0 Å². The summed E-state index contributed by atoms with van der Waals surface area (Å²) in [4.78, 5) is 42.2. The van der Waals surface area contributed by atoms with Crippen LogP contribution in [0, 0.1) is 11.8 Å². The van der Waals surface area contributed by atoms with Gasteiger partial charge in [0.2, 0.25) is 0 Å². The Hall–Kier alpha value is -1.32. The van der Waals surface area contributed by atoms with E-state index >= 15 is 0 Å². The maximum absolute atomic E-state index is 10.9. The average molecular weight is 718 g/mol. The van der Waals surface area contributed by atoms with Crippen molar-refractivity contribution in [2.24, 2.45) is 11.8 Å². The monoisotopic (exact) mass is 718 g/mol. The molecular weight excluding hydrogens is 655 g/mol. The van der Waals surface area contributed by atoms with Gasteiger partial charge in [0.05, 0.1) is 0 Å². The first kappa shape index (κ1) is 46.1.